The molecule has 1 atom stereocenters. The lowest BCUT2D eigenvalue weighted by molar-refractivity contribution is -0.141. The first-order valence-electron chi connectivity index (χ1n) is 9.21. The van der Waals surface area contributed by atoms with Crippen LogP contribution in [0.3, 0.4) is 0 Å². The minimum Gasteiger partial charge on any atom is -0.460 e. The molecule has 1 heterocycles. The van der Waals surface area contributed by atoms with Crippen LogP contribution in [-0.4, -0.2) is 49.7 Å². The molecule has 3 amide bonds. The number of amides is 3. The van der Waals surface area contributed by atoms with Crippen molar-refractivity contribution in [2.75, 3.05) is 32.2 Å². The Balaban J connectivity index is 2.37. The van der Waals surface area contributed by atoms with E-state index in [1.165, 1.54) is 14.0 Å². The Morgan fingerprint density at radius 1 is 1.21 bits per heavy atom. The molecule has 0 saturated heterocycles. The summed E-state index contributed by atoms with van der Waals surface area (Å²) in [4.78, 5) is 38.1. The number of methoxy groups -OCH3 is 1. The van der Waals surface area contributed by atoms with E-state index in [4.69, 9.17) is 9.47 Å². The Hall–Kier alpha value is -2.87. The highest BCUT2D eigenvalue weighted by Gasteiger charge is 2.36. The third kappa shape index (κ3) is 5.10. The molecular weight excluding hydrogens is 362 g/mol. The van der Waals surface area contributed by atoms with Gasteiger partial charge in [0.05, 0.1) is 18.2 Å². The molecule has 0 spiro atoms. The van der Waals surface area contributed by atoms with Gasteiger partial charge in [0.15, 0.2) is 0 Å². The standard InChI is InChI=1S/C20H27N3O5/c1-5-10-23-13(2)17(19(25)28-12-11-27-4)18(22-20(23)26)15-6-8-16(9-7-15)21-14(3)24/h6-9,18H,5,10-12H2,1-4H3,(H,21,24)(H,22,26). The second kappa shape index (κ2) is 9.89. The minimum atomic E-state index is -0.637. The fourth-order valence-electron chi connectivity index (χ4n) is 3.05. The zero-order valence-corrected chi connectivity index (χ0v) is 16.7. The molecule has 1 unspecified atom stereocenters. The van der Waals surface area contributed by atoms with Crippen LogP contribution in [0.25, 0.3) is 0 Å². The second-order valence-corrected chi connectivity index (χ2v) is 6.47. The molecule has 1 aliphatic rings. The maximum atomic E-state index is 12.8. The van der Waals surface area contributed by atoms with Crippen molar-refractivity contribution in [1.29, 1.82) is 0 Å². The molecule has 28 heavy (non-hydrogen) atoms. The zero-order valence-electron chi connectivity index (χ0n) is 16.7. The number of hydrogen-bond donors (Lipinski definition) is 2. The first-order valence-corrected chi connectivity index (χ1v) is 9.21. The highest BCUT2D eigenvalue weighted by molar-refractivity contribution is 5.95. The van der Waals surface area contributed by atoms with Crippen LogP contribution in [0.4, 0.5) is 10.5 Å². The average molecular weight is 389 g/mol. The van der Waals surface area contributed by atoms with Gasteiger partial charge in [0.1, 0.15) is 6.61 Å². The van der Waals surface area contributed by atoms with E-state index < -0.39 is 12.0 Å². The molecular formula is C20H27N3O5. The maximum Gasteiger partial charge on any atom is 0.338 e. The molecule has 1 aromatic carbocycles. The monoisotopic (exact) mass is 389 g/mol. The molecule has 0 saturated carbocycles. The Morgan fingerprint density at radius 2 is 1.89 bits per heavy atom. The summed E-state index contributed by atoms with van der Waals surface area (Å²) < 4.78 is 10.3. The number of rotatable bonds is 8. The van der Waals surface area contributed by atoms with Crippen LogP contribution in [0, 0.1) is 0 Å². The van der Waals surface area contributed by atoms with Gasteiger partial charge in [0.25, 0.3) is 0 Å². The van der Waals surface area contributed by atoms with Crippen molar-refractivity contribution in [3.8, 4) is 0 Å². The lowest BCUT2D eigenvalue weighted by atomic mass is 9.94. The number of carbonyl (C=O) groups is 3. The number of allylic oxidation sites excluding steroid dienone is 1. The summed E-state index contributed by atoms with van der Waals surface area (Å²) in [5.74, 6) is -0.668. The summed E-state index contributed by atoms with van der Waals surface area (Å²) in [5.41, 5.74) is 2.31. The van der Waals surface area contributed by atoms with Gasteiger partial charge in [-0.1, -0.05) is 19.1 Å². The SMILES string of the molecule is CCCN1C(=O)NC(c2ccc(NC(C)=O)cc2)C(C(=O)OCCOC)=C1C. The van der Waals surface area contributed by atoms with Crippen LogP contribution >= 0.6 is 0 Å². The van der Waals surface area contributed by atoms with Crippen LogP contribution in [0.5, 0.6) is 0 Å². The fraction of sp³-hybridized carbons (Fsp3) is 0.450. The van der Waals surface area contributed by atoms with Crippen LogP contribution in [-0.2, 0) is 19.1 Å². The Kier molecular flexibility index (Phi) is 7.57. The lowest BCUT2D eigenvalue weighted by Crippen LogP contribution is -2.48. The Morgan fingerprint density at radius 3 is 2.46 bits per heavy atom. The van der Waals surface area contributed by atoms with Crippen LogP contribution in [0.2, 0.25) is 0 Å². The number of ether oxygens (including phenoxy) is 2. The minimum absolute atomic E-state index is 0.127. The topological polar surface area (TPSA) is 97.0 Å². The highest BCUT2D eigenvalue weighted by Crippen LogP contribution is 2.32. The first kappa shape index (κ1) is 21.4. The van der Waals surface area contributed by atoms with Gasteiger partial charge in [0, 0.05) is 32.0 Å². The molecule has 152 valence electrons. The summed E-state index contributed by atoms with van der Waals surface area (Å²) in [6.07, 6.45) is 0.757. The van der Waals surface area contributed by atoms with Gasteiger partial charge < -0.3 is 20.1 Å². The van der Waals surface area contributed by atoms with Gasteiger partial charge in [-0.25, -0.2) is 9.59 Å². The van der Waals surface area contributed by atoms with Gasteiger partial charge in [-0.2, -0.15) is 0 Å². The van der Waals surface area contributed by atoms with E-state index in [1.54, 1.807) is 36.1 Å². The van der Waals surface area contributed by atoms with Gasteiger partial charge in [-0.05, 0) is 31.0 Å². The number of anilines is 1. The van der Waals surface area contributed by atoms with E-state index in [2.05, 4.69) is 10.6 Å². The molecule has 8 heteroatoms. The molecule has 0 radical (unpaired) electrons. The zero-order chi connectivity index (χ0) is 20.7. The number of carbonyl (C=O) groups excluding carboxylic acids is 3. The molecule has 0 aromatic heterocycles. The molecule has 1 aromatic rings. The summed E-state index contributed by atoms with van der Waals surface area (Å²) in [6.45, 7) is 6.06. The normalized spacial score (nSPS) is 16.6. The van der Waals surface area contributed by atoms with E-state index in [1.807, 2.05) is 6.92 Å². The quantitative estimate of drug-likeness (QED) is 0.526. The third-order valence-corrected chi connectivity index (χ3v) is 4.35. The van der Waals surface area contributed by atoms with Crippen molar-refractivity contribution in [3.63, 3.8) is 0 Å². The second-order valence-electron chi connectivity index (χ2n) is 6.47. The van der Waals surface area contributed by atoms with Crippen molar-refractivity contribution in [2.24, 2.45) is 0 Å². The lowest BCUT2D eigenvalue weighted by Gasteiger charge is -2.35. The summed E-state index contributed by atoms with van der Waals surface area (Å²) >= 11 is 0. The van der Waals surface area contributed by atoms with E-state index in [0.717, 1.165) is 12.0 Å². The Bertz CT molecular complexity index is 758. The Labute approximate surface area is 164 Å². The molecule has 2 N–H and O–H groups in total. The van der Waals surface area contributed by atoms with Gasteiger partial charge >= 0.3 is 12.0 Å². The van der Waals surface area contributed by atoms with Crippen molar-refractivity contribution in [3.05, 3.63) is 41.1 Å². The number of nitrogens with one attached hydrogen (secondary N) is 2. The largest absolute Gasteiger partial charge is 0.460 e. The van der Waals surface area contributed by atoms with Gasteiger partial charge in [-0.3, -0.25) is 9.69 Å². The molecule has 2 rings (SSSR count). The van der Waals surface area contributed by atoms with Crippen molar-refractivity contribution in [2.45, 2.75) is 33.2 Å². The number of esters is 1. The summed E-state index contributed by atoms with van der Waals surface area (Å²) in [6, 6.07) is 6.09. The van der Waals surface area contributed by atoms with Crippen LogP contribution < -0.4 is 10.6 Å². The van der Waals surface area contributed by atoms with E-state index in [9.17, 15) is 14.4 Å². The van der Waals surface area contributed by atoms with Crippen molar-refractivity contribution < 1.29 is 23.9 Å². The third-order valence-electron chi connectivity index (χ3n) is 4.35. The van der Waals surface area contributed by atoms with Crippen LogP contribution in [0.1, 0.15) is 38.8 Å². The number of urea groups is 1. The smallest absolute Gasteiger partial charge is 0.338 e. The molecule has 0 fully saturated rings. The number of benzene rings is 1. The predicted molar refractivity (Wildman–Crippen MR) is 105 cm³/mol. The fourth-order valence-corrected chi connectivity index (χ4v) is 3.05. The van der Waals surface area contributed by atoms with Gasteiger partial charge in [0.2, 0.25) is 5.91 Å². The number of hydrogen-bond acceptors (Lipinski definition) is 5. The van der Waals surface area contributed by atoms with Crippen molar-refractivity contribution >= 4 is 23.6 Å². The summed E-state index contributed by atoms with van der Waals surface area (Å²) in [7, 11) is 1.53. The first-order chi connectivity index (χ1) is 13.4. The van der Waals surface area contributed by atoms with Crippen LogP contribution in [0.15, 0.2) is 35.5 Å². The van der Waals surface area contributed by atoms with E-state index >= 15 is 0 Å². The maximum absolute atomic E-state index is 12.8. The average Bonchev–Trinajstić information content (AvgIpc) is 2.65. The molecule has 0 bridgehead atoms. The number of nitrogens with zero attached hydrogens (tertiary/aromatic N) is 1. The molecule has 1 aliphatic heterocycles. The van der Waals surface area contributed by atoms with E-state index in [0.29, 0.717) is 30.1 Å². The highest BCUT2D eigenvalue weighted by atomic mass is 16.6. The predicted octanol–water partition coefficient (Wildman–Crippen LogP) is 2.58. The summed E-state index contributed by atoms with van der Waals surface area (Å²) in [5, 5.41) is 5.58. The molecule has 8 nitrogen and oxygen atoms in total. The van der Waals surface area contributed by atoms with Gasteiger partial charge in [-0.15, -0.1) is 0 Å². The molecule has 0 aliphatic carbocycles. The van der Waals surface area contributed by atoms with E-state index in [-0.39, 0.29) is 18.5 Å². The van der Waals surface area contributed by atoms with Crippen molar-refractivity contribution in [1.82, 2.24) is 10.2 Å².